The van der Waals surface area contributed by atoms with Crippen LogP contribution in [0.1, 0.15) is 48.2 Å². The number of hydrogen-bond donors (Lipinski definition) is 0. The van der Waals surface area contributed by atoms with E-state index in [9.17, 15) is 4.79 Å². The Morgan fingerprint density at radius 2 is 1.71 bits per heavy atom. The summed E-state index contributed by atoms with van der Waals surface area (Å²) in [5.41, 5.74) is 1.81. The highest BCUT2D eigenvalue weighted by Gasteiger charge is 2.37. The zero-order chi connectivity index (χ0) is 14.7. The molecular weight excluding hydrogens is 260 g/mol. The quantitative estimate of drug-likeness (QED) is 0.803. The minimum absolute atomic E-state index is 0.0813. The van der Waals surface area contributed by atoms with E-state index in [4.69, 9.17) is 4.74 Å². The van der Waals surface area contributed by atoms with Crippen LogP contribution in [0.25, 0.3) is 0 Å². The Bertz CT molecular complexity index is 618. The molecule has 2 aromatic carbocycles. The van der Waals surface area contributed by atoms with Crippen LogP contribution >= 0.6 is 0 Å². The second kappa shape index (κ2) is 6.13. The molecule has 0 radical (unpaired) electrons. The van der Waals surface area contributed by atoms with E-state index in [-0.39, 0.29) is 17.8 Å². The van der Waals surface area contributed by atoms with Crippen molar-refractivity contribution < 1.29 is 9.53 Å². The third-order valence-electron chi connectivity index (χ3n) is 4.11. The fourth-order valence-corrected chi connectivity index (χ4v) is 2.98. The van der Waals surface area contributed by atoms with Crippen LogP contribution in [0, 0.1) is 5.92 Å². The van der Waals surface area contributed by atoms with E-state index in [1.54, 1.807) is 0 Å². The van der Waals surface area contributed by atoms with Gasteiger partial charge < -0.3 is 4.74 Å². The number of para-hydroxylation sites is 1. The van der Waals surface area contributed by atoms with Crippen molar-refractivity contribution in [1.29, 1.82) is 0 Å². The van der Waals surface area contributed by atoms with Gasteiger partial charge in [0.05, 0.1) is 11.5 Å². The smallest absolute Gasteiger partial charge is 0.173 e. The third-order valence-corrected chi connectivity index (χ3v) is 4.11. The number of ketones is 1. The van der Waals surface area contributed by atoms with Crippen molar-refractivity contribution >= 4 is 5.78 Å². The summed E-state index contributed by atoms with van der Waals surface area (Å²) in [6.45, 7) is 2.15. The lowest BCUT2D eigenvalue weighted by molar-refractivity contribution is 0.0632. The molecule has 2 nitrogen and oxygen atoms in total. The number of ether oxygens (including phenoxy) is 1. The van der Waals surface area contributed by atoms with Crippen molar-refractivity contribution in [2.45, 2.75) is 32.3 Å². The number of unbranched alkanes of at least 4 members (excludes halogenated alkanes) is 1. The number of hydrogen-bond acceptors (Lipinski definition) is 2. The molecule has 0 saturated heterocycles. The molecule has 1 aliphatic rings. The Morgan fingerprint density at radius 1 is 1.00 bits per heavy atom. The van der Waals surface area contributed by atoms with Crippen LogP contribution in [0.3, 0.4) is 0 Å². The molecule has 21 heavy (non-hydrogen) atoms. The average Bonchev–Trinajstić information content (AvgIpc) is 2.55. The van der Waals surface area contributed by atoms with Crippen molar-refractivity contribution in [3.63, 3.8) is 0 Å². The summed E-state index contributed by atoms with van der Waals surface area (Å²) in [5, 5.41) is 0. The molecule has 108 valence electrons. The number of fused-ring (bicyclic) bond motifs is 1. The normalized spacial score (nSPS) is 20.7. The standard InChI is InChI=1S/C19H20O2/c1-2-3-11-16-18(20)15-12-7-8-13-17(15)21-19(16)14-9-5-4-6-10-14/h4-10,12-13,16,19H,2-3,11H2,1H3/t16-,19+/m1/s1. The summed E-state index contributed by atoms with van der Waals surface area (Å²) >= 11 is 0. The summed E-state index contributed by atoms with van der Waals surface area (Å²) in [5.74, 6) is 0.852. The van der Waals surface area contributed by atoms with Crippen molar-refractivity contribution in [3.05, 3.63) is 65.7 Å². The number of benzene rings is 2. The van der Waals surface area contributed by atoms with Gasteiger partial charge in [-0.15, -0.1) is 0 Å². The first-order valence-corrected chi connectivity index (χ1v) is 7.66. The highest BCUT2D eigenvalue weighted by molar-refractivity contribution is 6.01. The molecule has 0 fully saturated rings. The molecule has 3 rings (SSSR count). The zero-order valence-corrected chi connectivity index (χ0v) is 12.3. The second-order valence-corrected chi connectivity index (χ2v) is 5.56. The topological polar surface area (TPSA) is 26.3 Å². The molecule has 1 aliphatic heterocycles. The van der Waals surface area contributed by atoms with Gasteiger partial charge in [-0.05, 0) is 24.1 Å². The van der Waals surface area contributed by atoms with Gasteiger partial charge in [-0.3, -0.25) is 4.79 Å². The van der Waals surface area contributed by atoms with Crippen LogP contribution in [-0.4, -0.2) is 5.78 Å². The fourth-order valence-electron chi connectivity index (χ4n) is 2.98. The maximum absolute atomic E-state index is 12.8. The van der Waals surface area contributed by atoms with Crippen LogP contribution < -0.4 is 4.74 Å². The minimum atomic E-state index is -0.167. The number of carbonyl (C=O) groups excluding carboxylic acids is 1. The highest BCUT2D eigenvalue weighted by Crippen LogP contribution is 2.40. The lowest BCUT2D eigenvalue weighted by atomic mass is 9.82. The van der Waals surface area contributed by atoms with Crippen molar-refractivity contribution in [3.8, 4) is 5.75 Å². The van der Waals surface area contributed by atoms with Crippen LogP contribution in [-0.2, 0) is 0 Å². The van der Waals surface area contributed by atoms with Gasteiger partial charge in [-0.25, -0.2) is 0 Å². The van der Waals surface area contributed by atoms with Gasteiger partial charge >= 0.3 is 0 Å². The first kappa shape index (κ1) is 13.9. The summed E-state index contributed by atoms with van der Waals surface area (Å²) in [4.78, 5) is 12.8. The zero-order valence-electron chi connectivity index (χ0n) is 12.3. The predicted molar refractivity (Wildman–Crippen MR) is 83.6 cm³/mol. The lowest BCUT2D eigenvalue weighted by Gasteiger charge is -2.33. The number of Topliss-reactive ketones (excluding diaryl/α,β-unsaturated/α-hetero) is 1. The molecule has 1 heterocycles. The van der Waals surface area contributed by atoms with Gasteiger partial charge in [0, 0.05) is 0 Å². The van der Waals surface area contributed by atoms with E-state index in [1.165, 1.54) is 0 Å². The summed E-state index contributed by atoms with van der Waals surface area (Å²) in [6, 6.07) is 17.7. The van der Waals surface area contributed by atoms with Gasteiger partial charge in [-0.1, -0.05) is 62.2 Å². The molecule has 2 atom stereocenters. The van der Waals surface area contributed by atoms with Crippen LogP contribution in [0.2, 0.25) is 0 Å². The van der Waals surface area contributed by atoms with Gasteiger partial charge in [0.25, 0.3) is 0 Å². The molecule has 0 N–H and O–H groups in total. The molecule has 2 heteroatoms. The van der Waals surface area contributed by atoms with E-state index in [0.717, 1.165) is 30.4 Å². The first-order chi connectivity index (χ1) is 10.3. The summed E-state index contributed by atoms with van der Waals surface area (Å²) in [6.07, 6.45) is 2.85. The van der Waals surface area contributed by atoms with E-state index in [2.05, 4.69) is 6.92 Å². The molecule has 0 saturated carbocycles. The van der Waals surface area contributed by atoms with Gasteiger partial charge in [0.1, 0.15) is 11.9 Å². The molecule has 0 unspecified atom stereocenters. The summed E-state index contributed by atoms with van der Waals surface area (Å²) in [7, 11) is 0. The van der Waals surface area contributed by atoms with E-state index in [0.29, 0.717) is 5.75 Å². The van der Waals surface area contributed by atoms with E-state index in [1.807, 2.05) is 54.6 Å². The average molecular weight is 280 g/mol. The number of rotatable bonds is 4. The minimum Gasteiger partial charge on any atom is -0.484 e. The van der Waals surface area contributed by atoms with Crippen molar-refractivity contribution in [2.75, 3.05) is 0 Å². The summed E-state index contributed by atoms with van der Waals surface area (Å²) < 4.78 is 6.18. The molecule has 0 amide bonds. The predicted octanol–water partition coefficient (Wildman–Crippen LogP) is 4.81. The Balaban J connectivity index is 1.99. The van der Waals surface area contributed by atoms with Gasteiger partial charge in [0.2, 0.25) is 0 Å². The SMILES string of the molecule is CCCC[C@@H]1C(=O)c2ccccc2O[C@H]1c1ccccc1. The fraction of sp³-hybridized carbons (Fsp3) is 0.316. The van der Waals surface area contributed by atoms with Crippen LogP contribution in [0.4, 0.5) is 0 Å². The molecule has 0 aromatic heterocycles. The third kappa shape index (κ3) is 2.71. The van der Waals surface area contributed by atoms with E-state index >= 15 is 0 Å². The van der Waals surface area contributed by atoms with Crippen molar-refractivity contribution in [1.82, 2.24) is 0 Å². The Morgan fingerprint density at radius 3 is 2.48 bits per heavy atom. The van der Waals surface area contributed by atoms with Gasteiger partial charge in [-0.2, -0.15) is 0 Å². The molecule has 0 bridgehead atoms. The Labute approximate surface area is 125 Å². The Kier molecular flexibility index (Phi) is 4.05. The first-order valence-electron chi connectivity index (χ1n) is 7.66. The van der Waals surface area contributed by atoms with E-state index < -0.39 is 0 Å². The number of carbonyl (C=O) groups is 1. The maximum atomic E-state index is 12.8. The second-order valence-electron chi connectivity index (χ2n) is 5.56. The molecule has 0 spiro atoms. The van der Waals surface area contributed by atoms with Crippen molar-refractivity contribution in [2.24, 2.45) is 5.92 Å². The maximum Gasteiger partial charge on any atom is 0.173 e. The molecular formula is C19H20O2. The van der Waals surface area contributed by atoms with Crippen LogP contribution in [0.15, 0.2) is 54.6 Å². The molecule has 2 aromatic rings. The van der Waals surface area contributed by atoms with Crippen LogP contribution in [0.5, 0.6) is 5.75 Å². The largest absolute Gasteiger partial charge is 0.484 e. The van der Waals surface area contributed by atoms with Gasteiger partial charge in [0.15, 0.2) is 5.78 Å². The highest BCUT2D eigenvalue weighted by atomic mass is 16.5. The monoisotopic (exact) mass is 280 g/mol. The molecule has 0 aliphatic carbocycles. The Hall–Kier alpha value is -2.09. The lowest BCUT2D eigenvalue weighted by Crippen LogP contribution is -2.31.